The van der Waals surface area contributed by atoms with Gasteiger partial charge in [-0.2, -0.15) is 43.2 Å². The molecule has 0 aliphatic rings. The molecule has 0 aliphatic carbocycles. The lowest BCUT2D eigenvalue weighted by molar-refractivity contribution is -0.138. The third-order valence-electron chi connectivity index (χ3n) is 10.8. The molecule has 2 heterocycles. The number of pyridine rings is 2. The molecule has 0 bridgehead atoms. The first-order chi connectivity index (χ1) is 42.0. The maximum absolute atomic E-state index is 12.9. The van der Waals surface area contributed by atoms with Crippen molar-refractivity contribution in [3.05, 3.63) is 214 Å². The van der Waals surface area contributed by atoms with Gasteiger partial charge in [-0.25, -0.2) is 9.59 Å². The monoisotopic (exact) mass is 1350 g/mol. The number of hydrogen-bond acceptors (Lipinski definition) is 13. The summed E-state index contributed by atoms with van der Waals surface area (Å²) < 4.78 is 158. The summed E-state index contributed by atoms with van der Waals surface area (Å²) in [6.07, 6.45) is -3.14. The van der Waals surface area contributed by atoms with Crippen molar-refractivity contribution in [2.45, 2.75) is 36.0 Å². The molecule has 0 unspecified atom stereocenters. The number of nitrogens with one attached hydrogen (secondary N) is 6. The topological polar surface area (TPSA) is 311 Å². The number of rotatable bonds is 12. The second-order valence-electron chi connectivity index (χ2n) is 18.0. The first-order valence-electron chi connectivity index (χ1n) is 25.2. The van der Waals surface area contributed by atoms with E-state index in [4.69, 9.17) is 41.8 Å². The molecule has 0 fully saturated rings. The van der Waals surface area contributed by atoms with Crippen LogP contribution in [0.3, 0.4) is 0 Å². The van der Waals surface area contributed by atoms with Crippen LogP contribution in [0.25, 0.3) is 0 Å². The molecule has 0 aliphatic heterocycles. The van der Waals surface area contributed by atoms with Gasteiger partial charge >= 0.3 is 24.4 Å². The summed E-state index contributed by atoms with van der Waals surface area (Å²) in [5, 5.41) is 13.7. The molecular formula is C58H54Cl2F6N8O13S3. The van der Waals surface area contributed by atoms with Crippen molar-refractivity contribution in [3.8, 4) is 23.0 Å². The highest BCUT2D eigenvalue weighted by Gasteiger charge is 2.34. The highest BCUT2D eigenvalue weighted by molar-refractivity contribution is 7.86. The first-order valence-corrected chi connectivity index (χ1v) is 30.8. The van der Waals surface area contributed by atoms with Gasteiger partial charge in [0.25, 0.3) is 32.1 Å². The normalized spacial score (nSPS) is 10.9. The lowest BCUT2D eigenvalue weighted by atomic mass is 10.2. The average molecular weight is 1350 g/mol. The Morgan fingerprint density at radius 3 is 1.03 bits per heavy atom. The first kappa shape index (κ1) is 73.3. The summed E-state index contributed by atoms with van der Waals surface area (Å²) in [5.74, 6) is 0.920. The van der Waals surface area contributed by atoms with Gasteiger partial charge in [-0.3, -0.25) is 32.9 Å². The number of ether oxygens (including phenoxy) is 2. The van der Waals surface area contributed by atoms with E-state index in [0.29, 0.717) is 34.4 Å². The zero-order valence-corrected chi connectivity index (χ0v) is 51.7. The van der Waals surface area contributed by atoms with E-state index in [9.17, 15) is 66.6 Å². The Bertz CT molecular complexity index is 3770. The second-order valence-corrected chi connectivity index (χ2v) is 23.2. The molecule has 21 nitrogen and oxygen atoms in total. The van der Waals surface area contributed by atoms with Crippen molar-refractivity contribution in [1.82, 2.24) is 20.6 Å². The van der Waals surface area contributed by atoms with Gasteiger partial charge in [0.15, 0.2) is 0 Å². The molecule has 0 atom stereocenters. The Kier molecular flexibility index (Phi) is 27.2. The Hall–Kier alpha value is -9.17. The predicted octanol–water partition coefficient (Wildman–Crippen LogP) is 13.6. The van der Waals surface area contributed by atoms with Crippen LogP contribution in [-0.4, -0.2) is 90.6 Å². The zero-order valence-electron chi connectivity index (χ0n) is 47.7. The highest BCUT2D eigenvalue weighted by Crippen LogP contribution is 2.38. The van der Waals surface area contributed by atoms with Crippen LogP contribution in [0.4, 0.5) is 58.7 Å². The SMILES string of the molecule is CNC(=O)c1cc(Oc2ccc(NC(=O)Nc3ccc(Cl)c(C(F)(F)F)c3)cc2)ccn1.CNC(=O)c1cc(Oc2ccc(NC(=O)Nc3ccc(Cl)c(C(F)(F)F)c3)cc2)ccn1.CS(C)=O.Cc1ccc(S(=O)(=O)O)cc1.Cc1ccc(S(=O)(=O)O)cc1. The Morgan fingerprint density at radius 2 is 0.756 bits per heavy atom. The molecule has 6 aromatic carbocycles. The smallest absolute Gasteiger partial charge is 0.417 e. The summed E-state index contributed by atoms with van der Waals surface area (Å²) in [5.41, 5.74) is 0.818. The van der Waals surface area contributed by atoms with Crippen molar-refractivity contribution in [2.75, 3.05) is 47.9 Å². The van der Waals surface area contributed by atoms with Crippen LogP contribution in [0.15, 0.2) is 180 Å². The number of anilines is 4. The summed E-state index contributed by atoms with van der Waals surface area (Å²) in [7, 11) is -5.67. The third kappa shape index (κ3) is 25.5. The number of nitrogens with zero attached hydrogens (tertiary/aromatic N) is 2. The number of benzene rings is 6. The van der Waals surface area contributed by atoms with Gasteiger partial charge in [-0.05, 0) is 135 Å². The fraction of sp³-hybridized carbons (Fsp3) is 0.138. The Morgan fingerprint density at radius 1 is 0.467 bits per heavy atom. The van der Waals surface area contributed by atoms with E-state index in [2.05, 4.69) is 41.9 Å². The van der Waals surface area contributed by atoms with Crippen molar-refractivity contribution in [3.63, 3.8) is 0 Å². The van der Waals surface area contributed by atoms with Crippen LogP contribution in [0, 0.1) is 13.8 Å². The number of hydrogen-bond donors (Lipinski definition) is 8. The zero-order chi connectivity index (χ0) is 67.1. The number of halogens is 8. The number of aromatic nitrogens is 2. The largest absolute Gasteiger partial charge is 0.457 e. The number of carbonyl (C=O) groups is 4. The number of amides is 6. The van der Waals surface area contributed by atoms with Crippen LogP contribution in [-0.2, 0) is 43.4 Å². The van der Waals surface area contributed by atoms with Crippen molar-refractivity contribution < 1.29 is 85.1 Å². The average Bonchev–Trinajstić information content (AvgIpc) is 2.27. The lowest BCUT2D eigenvalue weighted by Crippen LogP contribution is -2.19. The van der Waals surface area contributed by atoms with Crippen LogP contribution in [0.5, 0.6) is 23.0 Å². The fourth-order valence-corrected chi connectivity index (χ4v) is 8.00. The molecule has 0 saturated heterocycles. The quantitative estimate of drug-likeness (QED) is 0.0416. The predicted molar refractivity (Wildman–Crippen MR) is 328 cm³/mol. The second kappa shape index (κ2) is 33.4. The van der Waals surface area contributed by atoms with E-state index in [0.717, 1.165) is 35.4 Å². The highest BCUT2D eigenvalue weighted by atomic mass is 35.5. The van der Waals surface area contributed by atoms with Crippen LogP contribution < -0.4 is 41.4 Å². The molecule has 0 saturated carbocycles. The van der Waals surface area contributed by atoms with E-state index >= 15 is 0 Å². The van der Waals surface area contributed by atoms with Gasteiger partial charge in [-0.15, -0.1) is 0 Å². The molecule has 32 heteroatoms. The van der Waals surface area contributed by atoms with Crippen LogP contribution in [0.2, 0.25) is 10.0 Å². The lowest BCUT2D eigenvalue weighted by Gasteiger charge is -2.12. The molecule has 0 spiro atoms. The maximum atomic E-state index is 12.9. The van der Waals surface area contributed by atoms with E-state index in [1.807, 2.05) is 13.8 Å². The molecule has 2 aromatic heterocycles. The molecule has 0 radical (unpaired) electrons. The van der Waals surface area contributed by atoms with Gasteiger partial charge in [0.1, 0.15) is 34.4 Å². The van der Waals surface area contributed by atoms with Crippen LogP contribution >= 0.6 is 23.2 Å². The summed E-state index contributed by atoms with van der Waals surface area (Å²) >= 11 is 11.1. The number of alkyl halides is 6. The summed E-state index contributed by atoms with van der Waals surface area (Å²) in [6, 6.07) is 35.2. The van der Waals surface area contributed by atoms with Crippen LogP contribution in [0.1, 0.15) is 43.2 Å². The van der Waals surface area contributed by atoms with Gasteiger partial charge in [0.2, 0.25) is 0 Å². The number of carbonyl (C=O) groups excluding carboxylic acids is 4. The molecular weight excluding hydrogens is 1300 g/mol. The van der Waals surface area contributed by atoms with Gasteiger partial charge in [0.05, 0.1) is 31.0 Å². The minimum atomic E-state index is -4.64. The molecule has 8 aromatic rings. The van der Waals surface area contributed by atoms with Crippen molar-refractivity contribution in [1.29, 1.82) is 0 Å². The van der Waals surface area contributed by atoms with E-state index < -0.39 is 76.6 Å². The van der Waals surface area contributed by atoms with Crippen molar-refractivity contribution in [2.24, 2.45) is 0 Å². The van der Waals surface area contributed by atoms with Gasteiger partial charge in [0, 0.05) is 84.7 Å². The van der Waals surface area contributed by atoms with Crippen molar-refractivity contribution >= 4 is 101 Å². The number of aryl methyl sites for hydroxylation is 2. The molecule has 6 amide bonds. The molecule has 478 valence electrons. The summed E-state index contributed by atoms with van der Waals surface area (Å²) in [6.45, 7) is 3.68. The Labute approximate surface area is 524 Å². The van der Waals surface area contributed by atoms with E-state index in [1.165, 1.54) is 75.0 Å². The summed E-state index contributed by atoms with van der Waals surface area (Å²) in [4.78, 5) is 55.3. The molecule has 8 rings (SSSR count). The molecule has 8 N–H and O–H groups in total. The minimum Gasteiger partial charge on any atom is -0.457 e. The standard InChI is InChI=1S/2C21H16ClF3N4O3.2C7H8O3S.C2H6OS/c2*1-26-19(30)18-11-15(8-9-27-18)32-14-5-2-12(3-6-14)28-20(31)29-13-4-7-17(22)16(10-13)21(23,24)25;2*1-6-2-4-7(5-3-6)11(8,9)10;1-4(2)3/h2*2-11H,1H3,(H,26,30)(H2,28,29,31);2*2-5H,1H3,(H,8,9,10);1-2H3. The third-order valence-corrected chi connectivity index (χ3v) is 13.2. The fourth-order valence-electron chi connectivity index (χ4n) is 6.59. The maximum Gasteiger partial charge on any atom is 0.417 e. The van der Waals surface area contributed by atoms with E-state index in [1.54, 1.807) is 97.4 Å². The molecule has 90 heavy (non-hydrogen) atoms. The number of urea groups is 2. The Balaban J connectivity index is 0.000000276. The minimum absolute atomic E-state index is 0.0659. The van der Waals surface area contributed by atoms with E-state index in [-0.39, 0.29) is 44.4 Å². The van der Waals surface area contributed by atoms with Gasteiger partial charge in [-0.1, -0.05) is 58.6 Å². The van der Waals surface area contributed by atoms with Gasteiger partial charge < -0.3 is 41.4 Å².